The van der Waals surface area contributed by atoms with Gasteiger partial charge in [-0.05, 0) is 55.0 Å². The molecule has 9 heteroatoms. The predicted octanol–water partition coefficient (Wildman–Crippen LogP) is 4.08. The summed E-state index contributed by atoms with van der Waals surface area (Å²) in [5.41, 5.74) is 0.306. The number of amides is 2. The predicted molar refractivity (Wildman–Crippen MR) is 113 cm³/mol. The van der Waals surface area contributed by atoms with Crippen molar-refractivity contribution < 1.29 is 18.7 Å². The van der Waals surface area contributed by atoms with E-state index < -0.39 is 23.6 Å². The van der Waals surface area contributed by atoms with Crippen LogP contribution in [0, 0.1) is 17.0 Å². The molecule has 2 atom stereocenters. The van der Waals surface area contributed by atoms with E-state index in [1.54, 1.807) is 12.1 Å². The zero-order valence-corrected chi connectivity index (χ0v) is 16.4. The molecule has 4 N–H and O–H groups in total. The molecule has 1 saturated heterocycles. The number of pyridine rings is 1. The number of hydrogen-bond acceptors (Lipinski definition) is 5. The lowest BCUT2D eigenvalue weighted by Crippen LogP contribution is -2.46. The van der Waals surface area contributed by atoms with Crippen LogP contribution in [0.4, 0.5) is 30.8 Å². The van der Waals surface area contributed by atoms with Crippen LogP contribution in [0.5, 0.6) is 0 Å². The van der Waals surface area contributed by atoms with Crippen molar-refractivity contribution in [2.75, 3.05) is 10.2 Å². The van der Waals surface area contributed by atoms with Gasteiger partial charge in [0.15, 0.2) is 5.72 Å². The normalized spacial score (nSPS) is 20.5. The van der Waals surface area contributed by atoms with Crippen LogP contribution < -0.4 is 15.5 Å². The molecule has 1 aromatic heterocycles. The first-order chi connectivity index (χ1) is 14.8. The summed E-state index contributed by atoms with van der Waals surface area (Å²) in [6, 6.07) is 11.3. The van der Waals surface area contributed by atoms with Crippen LogP contribution >= 0.6 is 0 Å². The average Bonchev–Trinajstić information content (AvgIpc) is 2.99. The number of halogens is 2. The molecule has 2 amide bonds. The van der Waals surface area contributed by atoms with Crippen LogP contribution in [0.3, 0.4) is 0 Å². The summed E-state index contributed by atoms with van der Waals surface area (Å²) in [6.45, 7) is 1.45. The quantitative estimate of drug-likeness (QED) is 0.465. The average molecular weight is 423 g/mol. The summed E-state index contributed by atoms with van der Waals surface area (Å²) in [4.78, 5) is 18.1. The van der Waals surface area contributed by atoms with Gasteiger partial charge >= 0.3 is 6.03 Å². The van der Waals surface area contributed by atoms with E-state index in [-0.39, 0.29) is 11.6 Å². The molecule has 7 nitrogen and oxygen atoms in total. The molecule has 158 valence electrons. The Balaban J connectivity index is 1.65. The molecule has 4 rings (SSSR count). The number of hydrogen-bond donors (Lipinski definition) is 4. The molecule has 2 aromatic carbocycles. The lowest BCUT2D eigenvalue weighted by atomic mass is 9.98. The Labute approximate surface area is 176 Å². The van der Waals surface area contributed by atoms with Crippen molar-refractivity contribution in [3.63, 3.8) is 0 Å². The van der Waals surface area contributed by atoms with E-state index in [4.69, 9.17) is 5.41 Å². The number of nitrogens with one attached hydrogen (secondary N) is 3. The van der Waals surface area contributed by atoms with Gasteiger partial charge in [0, 0.05) is 17.5 Å². The van der Waals surface area contributed by atoms with Gasteiger partial charge in [0.05, 0.1) is 11.9 Å². The molecule has 0 radical (unpaired) electrons. The minimum absolute atomic E-state index is 0.135. The van der Waals surface area contributed by atoms with Crippen molar-refractivity contribution in [2.45, 2.75) is 18.7 Å². The molecule has 1 fully saturated rings. The Kier molecular flexibility index (Phi) is 5.12. The first-order valence-corrected chi connectivity index (χ1v) is 9.41. The van der Waals surface area contributed by atoms with Crippen LogP contribution in [0.1, 0.15) is 24.1 Å². The molecule has 1 aliphatic heterocycles. The number of urea groups is 1. The van der Waals surface area contributed by atoms with E-state index in [2.05, 4.69) is 15.6 Å². The molecule has 1 aliphatic rings. The summed E-state index contributed by atoms with van der Waals surface area (Å²) in [5, 5.41) is 24.6. The van der Waals surface area contributed by atoms with Crippen LogP contribution in [0.2, 0.25) is 0 Å². The fourth-order valence-corrected chi connectivity index (χ4v) is 3.54. The highest BCUT2D eigenvalue weighted by atomic mass is 19.1. The maximum absolute atomic E-state index is 13.3. The zero-order valence-electron chi connectivity index (χ0n) is 16.4. The number of aromatic nitrogens is 1. The molecule has 0 aliphatic carbocycles. The molecule has 0 spiro atoms. The van der Waals surface area contributed by atoms with Crippen LogP contribution in [-0.2, 0) is 0 Å². The monoisotopic (exact) mass is 423 g/mol. The molecule has 0 saturated carbocycles. The smallest absolute Gasteiger partial charge is 0.326 e. The minimum Gasteiger partial charge on any atom is -0.368 e. The van der Waals surface area contributed by atoms with Gasteiger partial charge in [0.1, 0.15) is 23.5 Å². The van der Waals surface area contributed by atoms with Gasteiger partial charge in [-0.3, -0.25) is 0 Å². The first-order valence-electron chi connectivity index (χ1n) is 9.41. The number of rotatable bonds is 5. The summed E-state index contributed by atoms with van der Waals surface area (Å²) >= 11 is 0. The van der Waals surface area contributed by atoms with Gasteiger partial charge in [-0.15, -0.1) is 0 Å². The van der Waals surface area contributed by atoms with E-state index in [0.717, 1.165) is 11.1 Å². The zero-order chi connectivity index (χ0) is 22.2. The number of carbonyl (C=O) groups is 1. The molecule has 0 bridgehead atoms. The van der Waals surface area contributed by atoms with E-state index in [1.807, 2.05) is 0 Å². The van der Waals surface area contributed by atoms with E-state index >= 15 is 0 Å². The lowest BCUT2D eigenvalue weighted by molar-refractivity contribution is 0.0492. The second-order valence-corrected chi connectivity index (χ2v) is 7.27. The summed E-state index contributed by atoms with van der Waals surface area (Å²) in [5.74, 6) is -0.661. The highest BCUT2D eigenvalue weighted by Crippen LogP contribution is 2.38. The Bertz CT molecular complexity index is 1130. The highest BCUT2D eigenvalue weighted by molar-refractivity contribution is 5.97. The largest absolute Gasteiger partial charge is 0.368 e. The highest BCUT2D eigenvalue weighted by Gasteiger charge is 2.50. The third-order valence-corrected chi connectivity index (χ3v) is 5.10. The number of benzene rings is 2. The summed E-state index contributed by atoms with van der Waals surface area (Å²) in [7, 11) is 0. The molecule has 2 heterocycles. The molecular formula is C22H19F2N5O2. The number of nitrogens with zero attached hydrogens (tertiary/aromatic N) is 2. The number of aliphatic hydroxyl groups is 1. The van der Waals surface area contributed by atoms with E-state index in [1.165, 1.54) is 55.6 Å². The van der Waals surface area contributed by atoms with Gasteiger partial charge < -0.3 is 21.1 Å². The van der Waals surface area contributed by atoms with E-state index in [9.17, 15) is 18.7 Å². The maximum Gasteiger partial charge on any atom is 0.326 e. The van der Waals surface area contributed by atoms with Gasteiger partial charge in [-0.2, -0.15) is 0 Å². The Morgan fingerprint density at radius 3 is 2.39 bits per heavy atom. The topological polar surface area (TPSA) is 101 Å². The summed E-state index contributed by atoms with van der Waals surface area (Å²) < 4.78 is 26.4. The fourth-order valence-electron chi connectivity index (χ4n) is 3.54. The Hall–Kier alpha value is -3.85. The minimum atomic E-state index is -1.70. The van der Waals surface area contributed by atoms with Crippen LogP contribution in [0.25, 0.3) is 0 Å². The lowest BCUT2D eigenvalue weighted by Gasteiger charge is -2.32. The van der Waals surface area contributed by atoms with Crippen molar-refractivity contribution in [2.24, 2.45) is 0 Å². The molecule has 2 unspecified atom stereocenters. The van der Waals surface area contributed by atoms with Crippen molar-refractivity contribution in [3.8, 4) is 0 Å². The van der Waals surface area contributed by atoms with Gasteiger partial charge in [-0.1, -0.05) is 12.1 Å². The Morgan fingerprint density at radius 1 is 1.16 bits per heavy atom. The SMILES string of the molecule is CC1(O)C(c2ccc(F)cc2)NC(=O)N1c1cc(C=N)c(Nc2ccc(F)cc2)cn1. The second-order valence-electron chi connectivity index (χ2n) is 7.27. The number of anilines is 3. The standard InChI is InChI=1S/C22H19F2N5O2/c1-22(31)20(13-2-4-15(23)5-3-13)28-21(30)29(22)19-10-14(11-25)18(12-26-19)27-17-8-6-16(24)7-9-17/h2-12,20,25,27,31H,1H3,(H,28,30). The third-order valence-electron chi connectivity index (χ3n) is 5.10. The summed E-state index contributed by atoms with van der Waals surface area (Å²) in [6.07, 6.45) is 2.50. The van der Waals surface area contributed by atoms with E-state index in [0.29, 0.717) is 22.5 Å². The molecule has 31 heavy (non-hydrogen) atoms. The fraction of sp³-hybridized carbons (Fsp3) is 0.136. The Morgan fingerprint density at radius 2 is 1.77 bits per heavy atom. The molecular weight excluding hydrogens is 404 g/mol. The second kappa shape index (κ2) is 7.77. The third kappa shape index (κ3) is 3.82. The van der Waals surface area contributed by atoms with Crippen molar-refractivity contribution in [1.82, 2.24) is 10.3 Å². The maximum atomic E-state index is 13.3. The van der Waals surface area contributed by atoms with Crippen LogP contribution in [0.15, 0.2) is 60.8 Å². The molecule has 3 aromatic rings. The van der Waals surface area contributed by atoms with Crippen molar-refractivity contribution in [1.29, 1.82) is 5.41 Å². The first kappa shape index (κ1) is 20.4. The van der Waals surface area contributed by atoms with Crippen LogP contribution in [-0.4, -0.2) is 28.1 Å². The van der Waals surface area contributed by atoms with Gasteiger partial charge in [0.25, 0.3) is 0 Å². The van der Waals surface area contributed by atoms with Crippen molar-refractivity contribution >= 4 is 29.4 Å². The van der Waals surface area contributed by atoms with Gasteiger partial charge in [-0.25, -0.2) is 23.5 Å². The van der Waals surface area contributed by atoms with Crippen molar-refractivity contribution in [3.05, 3.63) is 83.6 Å². The number of carbonyl (C=O) groups excluding carboxylic acids is 1. The van der Waals surface area contributed by atoms with Gasteiger partial charge in [0.2, 0.25) is 0 Å².